The first-order chi connectivity index (χ1) is 10.4. The zero-order valence-electron chi connectivity index (χ0n) is 12.7. The van der Waals surface area contributed by atoms with Gasteiger partial charge < -0.3 is 10.5 Å². The maximum atomic E-state index is 11.8. The molecule has 1 unspecified atom stereocenters. The van der Waals surface area contributed by atoms with Crippen LogP contribution in [0.15, 0.2) is 30.3 Å². The number of esters is 1. The van der Waals surface area contributed by atoms with Crippen molar-refractivity contribution in [2.75, 3.05) is 13.2 Å². The molecule has 7 heteroatoms. The molecule has 1 aromatic rings. The highest BCUT2D eigenvalue weighted by molar-refractivity contribution is 5.94. The standard InChI is InChI=1S/C15H21N3O4/c1-3-22-13(20)9-15(2,11-7-5-4-6-8-11)17-10-12(19)18-14(16)21/h4-8,17H,3,9-10H2,1-2H3,(H3,16,18,19,21). The summed E-state index contributed by atoms with van der Waals surface area (Å²) in [7, 11) is 0. The lowest BCUT2D eigenvalue weighted by molar-refractivity contribution is -0.145. The lowest BCUT2D eigenvalue weighted by Gasteiger charge is -2.30. The highest BCUT2D eigenvalue weighted by atomic mass is 16.5. The predicted molar refractivity (Wildman–Crippen MR) is 80.8 cm³/mol. The van der Waals surface area contributed by atoms with Gasteiger partial charge in [-0.2, -0.15) is 0 Å². The fraction of sp³-hybridized carbons (Fsp3) is 0.400. The van der Waals surface area contributed by atoms with E-state index in [0.29, 0.717) is 0 Å². The lowest BCUT2D eigenvalue weighted by atomic mass is 9.88. The molecule has 3 amide bonds. The maximum Gasteiger partial charge on any atom is 0.318 e. The van der Waals surface area contributed by atoms with Gasteiger partial charge in [-0.05, 0) is 19.4 Å². The summed E-state index contributed by atoms with van der Waals surface area (Å²) in [6.07, 6.45) is 0.0503. The average Bonchev–Trinajstić information content (AvgIpc) is 2.46. The molecule has 4 N–H and O–H groups in total. The molecule has 22 heavy (non-hydrogen) atoms. The SMILES string of the molecule is CCOC(=O)CC(C)(NCC(=O)NC(N)=O)c1ccccc1. The fourth-order valence-corrected chi connectivity index (χ4v) is 2.03. The number of imide groups is 1. The largest absolute Gasteiger partial charge is 0.466 e. The van der Waals surface area contributed by atoms with Crippen molar-refractivity contribution < 1.29 is 19.1 Å². The van der Waals surface area contributed by atoms with Gasteiger partial charge >= 0.3 is 12.0 Å². The van der Waals surface area contributed by atoms with Gasteiger partial charge in [-0.25, -0.2) is 4.79 Å². The van der Waals surface area contributed by atoms with Crippen LogP contribution in [0.5, 0.6) is 0 Å². The van der Waals surface area contributed by atoms with Crippen molar-refractivity contribution in [3.05, 3.63) is 35.9 Å². The van der Waals surface area contributed by atoms with Gasteiger partial charge in [0.2, 0.25) is 5.91 Å². The molecule has 0 saturated heterocycles. The predicted octanol–water partition coefficient (Wildman–Crippen LogP) is 0.640. The molecule has 7 nitrogen and oxygen atoms in total. The Morgan fingerprint density at radius 3 is 2.41 bits per heavy atom. The van der Waals surface area contributed by atoms with E-state index in [1.165, 1.54) is 0 Å². The van der Waals surface area contributed by atoms with Gasteiger partial charge in [-0.3, -0.25) is 20.2 Å². The van der Waals surface area contributed by atoms with E-state index in [9.17, 15) is 14.4 Å². The summed E-state index contributed by atoms with van der Waals surface area (Å²) in [6.45, 7) is 3.64. The zero-order chi connectivity index (χ0) is 16.6. The van der Waals surface area contributed by atoms with Gasteiger partial charge in [0.15, 0.2) is 0 Å². The molecular weight excluding hydrogens is 286 g/mol. The molecule has 0 aliphatic heterocycles. The number of amides is 3. The quantitative estimate of drug-likeness (QED) is 0.640. The van der Waals surface area contributed by atoms with Gasteiger partial charge in [0.25, 0.3) is 0 Å². The van der Waals surface area contributed by atoms with Crippen LogP contribution in [0.4, 0.5) is 4.79 Å². The second-order valence-corrected chi connectivity index (χ2v) is 4.95. The third kappa shape index (κ3) is 5.53. The number of carbonyl (C=O) groups is 3. The molecule has 0 radical (unpaired) electrons. The molecular formula is C15H21N3O4. The number of ether oxygens (including phenoxy) is 1. The molecule has 0 aliphatic carbocycles. The van der Waals surface area contributed by atoms with Crippen LogP contribution < -0.4 is 16.4 Å². The number of rotatable bonds is 7. The summed E-state index contributed by atoms with van der Waals surface area (Å²) in [5, 5.41) is 4.95. The summed E-state index contributed by atoms with van der Waals surface area (Å²) in [5.74, 6) is -0.949. The topological polar surface area (TPSA) is 111 Å². The van der Waals surface area contributed by atoms with Crippen molar-refractivity contribution in [1.82, 2.24) is 10.6 Å². The molecule has 0 fully saturated rings. The minimum Gasteiger partial charge on any atom is -0.466 e. The Morgan fingerprint density at radius 1 is 1.23 bits per heavy atom. The second kappa shape index (κ2) is 8.14. The Labute approximate surface area is 129 Å². The molecule has 1 atom stereocenters. The molecule has 1 rings (SSSR count). The molecule has 0 spiro atoms. The Balaban J connectivity index is 2.85. The first kappa shape index (κ1) is 17.6. The summed E-state index contributed by atoms with van der Waals surface area (Å²) >= 11 is 0. The number of hydrogen-bond acceptors (Lipinski definition) is 5. The monoisotopic (exact) mass is 307 g/mol. The van der Waals surface area contributed by atoms with Crippen LogP contribution in [-0.2, 0) is 19.9 Å². The Hall–Kier alpha value is -2.41. The average molecular weight is 307 g/mol. The third-order valence-electron chi connectivity index (χ3n) is 3.12. The van der Waals surface area contributed by atoms with E-state index < -0.39 is 17.5 Å². The summed E-state index contributed by atoms with van der Waals surface area (Å²) < 4.78 is 4.98. The van der Waals surface area contributed by atoms with Gasteiger partial charge in [0.1, 0.15) is 0 Å². The smallest absolute Gasteiger partial charge is 0.318 e. The summed E-state index contributed by atoms with van der Waals surface area (Å²) in [4.78, 5) is 34.0. The van der Waals surface area contributed by atoms with Gasteiger partial charge in [-0.1, -0.05) is 30.3 Å². The Bertz CT molecular complexity index is 533. The van der Waals surface area contributed by atoms with E-state index >= 15 is 0 Å². The van der Waals surface area contributed by atoms with Crippen molar-refractivity contribution in [3.63, 3.8) is 0 Å². The number of carbonyl (C=O) groups excluding carboxylic acids is 3. The Morgan fingerprint density at radius 2 is 1.86 bits per heavy atom. The van der Waals surface area contributed by atoms with E-state index in [-0.39, 0.29) is 25.5 Å². The number of urea groups is 1. The summed E-state index contributed by atoms with van der Waals surface area (Å²) in [5.41, 5.74) is 4.92. The highest BCUT2D eigenvalue weighted by Gasteiger charge is 2.30. The lowest BCUT2D eigenvalue weighted by Crippen LogP contribution is -2.48. The molecule has 0 aliphatic rings. The van der Waals surface area contributed by atoms with E-state index in [1.807, 2.05) is 35.6 Å². The molecule has 0 aromatic heterocycles. The minimum absolute atomic E-state index is 0.0503. The van der Waals surface area contributed by atoms with Crippen molar-refractivity contribution in [2.24, 2.45) is 5.73 Å². The van der Waals surface area contributed by atoms with Crippen LogP contribution in [0.1, 0.15) is 25.8 Å². The zero-order valence-corrected chi connectivity index (χ0v) is 12.7. The first-order valence-corrected chi connectivity index (χ1v) is 6.93. The molecule has 0 bridgehead atoms. The van der Waals surface area contributed by atoms with Gasteiger partial charge in [0.05, 0.1) is 25.1 Å². The highest BCUT2D eigenvalue weighted by Crippen LogP contribution is 2.24. The van der Waals surface area contributed by atoms with Crippen molar-refractivity contribution >= 4 is 17.9 Å². The number of nitrogens with one attached hydrogen (secondary N) is 2. The minimum atomic E-state index is -0.918. The number of benzene rings is 1. The van der Waals surface area contributed by atoms with E-state index in [4.69, 9.17) is 10.5 Å². The normalized spacial score (nSPS) is 13.0. The van der Waals surface area contributed by atoms with E-state index in [1.54, 1.807) is 13.8 Å². The Kier molecular flexibility index (Phi) is 6.52. The van der Waals surface area contributed by atoms with Crippen molar-refractivity contribution in [1.29, 1.82) is 0 Å². The van der Waals surface area contributed by atoms with E-state index in [0.717, 1.165) is 5.56 Å². The van der Waals surface area contributed by atoms with Crippen molar-refractivity contribution in [2.45, 2.75) is 25.8 Å². The third-order valence-corrected chi connectivity index (χ3v) is 3.12. The molecule has 0 saturated carbocycles. The van der Waals surface area contributed by atoms with Crippen LogP contribution in [0, 0.1) is 0 Å². The van der Waals surface area contributed by atoms with Crippen LogP contribution in [0.2, 0.25) is 0 Å². The van der Waals surface area contributed by atoms with E-state index in [2.05, 4.69) is 5.32 Å². The van der Waals surface area contributed by atoms with Crippen LogP contribution in [-0.4, -0.2) is 31.1 Å². The van der Waals surface area contributed by atoms with Crippen LogP contribution in [0.25, 0.3) is 0 Å². The second-order valence-electron chi connectivity index (χ2n) is 4.95. The molecule has 0 heterocycles. The molecule has 1 aromatic carbocycles. The number of nitrogens with two attached hydrogens (primary N) is 1. The first-order valence-electron chi connectivity index (χ1n) is 6.93. The number of primary amides is 1. The van der Waals surface area contributed by atoms with Crippen molar-refractivity contribution in [3.8, 4) is 0 Å². The maximum absolute atomic E-state index is 11.8. The van der Waals surface area contributed by atoms with Gasteiger partial charge in [0, 0.05) is 0 Å². The fourth-order valence-electron chi connectivity index (χ4n) is 2.03. The number of hydrogen-bond donors (Lipinski definition) is 3. The molecule has 120 valence electrons. The van der Waals surface area contributed by atoms with Crippen LogP contribution in [0.3, 0.4) is 0 Å². The van der Waals surface area contributed by atoms with Crippen LogP contribution >= 0.6 is 0 Å². The summed E-state index contributed by atoms with van der Waals surface area (Å²) in [6, 6.07) is 8.30. The van der Waals surface area contributed by atoms with Gasteiger partial charge in [-0.15, -0.1) is 0 Å².